The fourth-order valence-corrected chi connectivity index (χ4v) is 3.02. The highest BCUT2D eigenvalue weighted by Crippen LogP contribution is 2.22. The quantitative estimate of drug-likeness (QED) is 0.723. The van der Waals surface area contributed by atoms with Crippen molar-refractivity contribution < 1.29 is 19.5 Å². The number of rotatable bonds is 8. The van der Waals surface area contributed by atoms with Gasteiger partial charge < -0.3 is 10.4 Å². The molecule has 21 heavy (non-hydrogen) atoms. The fraction of sp³-hybridized carbons (Fsp3) is 0.533. The van der Waals surface area contributed by atoms with Crippen LogP contribution in [0, 0.1) is 13.8 Å². The smallest absolute Gasteiger partial charge is 0.326 e. The Balaban J connectivity index is 2.51. The fourth-order valence-electron chi connectivity index (χ4n) is 2.08. The molecule has 0 fully saturated rings. The molecule has 2 N–H and O–H groups in total. The minimum absolute atomic E-state index is 0.0145. The number of amides is 1. The minimum Gasteiger partial charge on any atom is -0.480 e. The molecule has 116 valence electrons. The predicted octanol–water partition coefficient (Wildman–Crippen LogP) is 2.70. The molecule has 0 saturated carbocycles. The van der Waals surface area contributed by atoms with E-state index in [1.165, 1.54) is 0 Å². The number of hydrogen-bond acceptors (Lipinski definition) is 4. The summed E-state index contributed by atoms with van der Waals surface area (Å²) in [5.74, 6) is -1.51. The monoisotopic (exact) mass is 311 g/mol. The molecule has 1 atom stereocenters. The number of aryl methyl sites for hydroxylation is 2. The van der Waals surface area contributed by atoms with Crippen LogP contribution in [0.25, 0.3) is 0 Å². The van der Waals surface area contributed by atoms with Crippen LogP contribution in [0.5, 0.6) is 0 Å². The van der Waals surface area contributed by atoms with E-state index in [0.29, 0.717) is 18.4 Å². The molecule has 1 aromatic rings. The number of aliphatic carboxylic acids is 1. The summed E-state index contributed by atoms with van der Waals surface area (Å²) in [6.45, 7) is 5.67. The zero-order valence-corrected chi connectivity index (χ0v) is 13.4. The van der Waals surface area contributed by atoms with Crippen LogP contribution in [-0.2, 0) is 9.59 Å². The Kier molecular flexibility index (Phi) is 6.55. The molecule has 1 aromatic heterocycles. The molecule has 1 amide bonds. The molecule has 6 heteroatoms. The molecule has 0 aromatic carbocycles. The molecular weight excluding hydrogens is 290 g/mol. The van der Waals surface area contributed by atoms with E-state index in [-0.39, 0.29) is 18.6 Å². The summed E-state index contributed by atoms with van der Waals surface area (Å²) in [5, 5.41) is 11.4. The van der Waals surface area contributed by atoms with Crippen LogP contribution < -0.4 is 5.32 Å². The molecule has 0 bridgehead atoms. The van der Waals surface area contributed by atoms with Crippen molar-refractivity contribution in [2.45, 2.75) is 52.5 Å². The van der Waals surface area contributed by atoms with Gasteiger partial charge in [-0.15, -0.1) is 11.3 Å². The Labute approximate surface area is 128 Å². The Hall–Kier alpha value is -1.69. The van der Waals surface area contributed by atoms with E-state index in [2.05, 4.69) is 5.32 Å². The summed E-state index contributed by atoms with van der Waals surface area (Å²) in [6.07, 6.45) is 1.17. The van der Waals surface area contributed by atoms with Crippen molar-refractivity contribution in [3.05, 3.63) is 21.4 Å². The van der Waals surface area contributed by atoms with Gasteiger partial charge in [0.25, 0.3) is 0 Å². The lowest BCUT2D eigenvalue weighted by atomic mass is 10.1. The molecule has 1 unspecified atom stereocenters. The van der Waals surface area contributed by atoms with Crippen molar-refractivity contribution in [1.29, 1.82) is 0 Å². The SMILES string of the molecule is CCCC(NC(=O)CCC(=O)c1cc(C)sc1C)C(=O)O. The lowest BCUT2D eigenvalue weighted by Crippen LogP contribution is -2.40. The van der Waals surface area contributed by atoms with Crippen LogP contribution in [0.15, 0.2) is 6.07 Å². The molecule has 1 heterocycles. The van der Waals surface area contributed by atoms with Gasteiger partial charge in [0, 0.05) is 28.2 Å². The standard InChI is InChI=1S/C15H21NO4S/c1-4-5-12(15(19)20)16-14(18)7-6-13(17)11-8-9(2)21-10(11)3/h8,12H,4-7H2,1-3H3,(H,16,18)(H,19,20). The van der Waals surface area contributed by atoms with Gasteiger partial charge in [0.05, 0.1) is 0 Å². The van der Waals surface area contributed by atoms with Gasteiger partial charge in [0.15, 0.2) is 5.78 Å². The van der Waals surface area contributed by atoms with E-state index in [1.54, 1.807) is 11.3 Å². The van der Waals surface area contributed by atoms with E-state index in [4.69, 9.17) is 5.11 Å². The van der Waals surface area contributed by atoms with Crippen molar-refractivity contribution in [2.75, 3.05) is 0 Å². The van der Waals surface area contributed by atoms with Gasteiger partial charge in [-0.05, 0) is 26.3 Å². The van der Waals surface area contributed by atoms with E-state index >= 15 is 0 Å². The lowest BCUT2D eigenvalue weighted by Gasteiger charge is -2.13. The van der Waals surface area contributed by atoms with E-state index in [1.807, 2.05) is 26.8 Å². The molecular formula is C15H21NO4S. The topological polar surface area (TPSA) is 83.5 Å². The summed E-state index contributed by atoms with van der Waals surface area (Å²) in [4.78, 5) is 36.7. The highest BCUT2D eigenvalue weighted by Gasteiger charge is 2.20. The first kappa shape index (κ1) is 17.4. The van der Waals surface area contributed by atoms with Crippen molar-refractivity contribution in [2.24, 2.45) is 0 Å². The van der Waals surface area contributed by atoms with Gasteiger partial charge in [0.1, 0.15) is 6.04 Å². The molecule has 0 aliphatic heterocycles. The van der Waals surface area contributed by atoms with E-state index in [9.17, 15) is 14.4 Å². The van der Waals surface area contributed by atoms with Gasteiger partial charge in [-0.25, -0.2) is 4.79 Å². The van der Waals surface area contributed by atoms with Gasteiger partial charge >= 0.3 is 5.97 Å². The molecule has 0 saturated heterocycles. The number of Topliss-reactive ketones (excluding diaryl/α,β-unsaturated/α-hetero) is 1. The largest absolute Gasteiger partial charge is 0.480 e. The number of hydrogen-bond donors (Lipinski definition) is 2. The number of thiophene rings is 1. The number of nitrogens with one attached hydrogen (secondary N) is 1. The average Bonchev–Trinajstić information content (AvgIpc) is 2.74. The zero-order chi connectivity index (χ0) is 16.0. The van der Waals surface area contributed by atoms with Crippen molar-refractivity contribution in [3.63, 3.8) is 0 Å². The highest BCUT2D eigenvalue weighted by atomic mass is 32.1. The van der Waals surface area contributed by atoms with Crippen molar-refractivity contribution in [1.82, 2.24) is 5.32 Å². The van der Waals surface area contributed by atoms with Crippen LogP contribution in [-0.4, -0.2) is 28.8 Å². The molecule has 0 aliphatic carbocycles. The summed E-state index contributed by atoms with van der Waals surface area (Å²) in [6, 6.07) is 0.958. The number of carboxylic acid groups (broad SMARTS) is 1. The van der Waals surface area contributed by atoms with Gasteiger partial charge in [-0.3, -0.25) is 9.59 Å². The second-order valence-electron chi connectivity index (χ2n) is 5.00. The third kappa shape index (κ3) is 5.30. The van der Waals surface area contributed by atoms with E-state index < -0.39 is 17.9 Å². The normalized spacial score (nSPS) is 12.0. The number of carbonyl (C=O) groups excluding carboxylic acids is 2. The second kappa shape index (κ2) is 7.93. The van der Waals surface area contributed by atoms with Crippen LogP contribution >= 0.6 is 11.3 Å². The Morgan fingerprint density at radius 1 is 1.29 bits per heavy atom. The first-order chi connectivity index (χ1) is 9.85. The van der Waals surface area contributed by atoms with Gasteiger partial charge in [0.2, 0.25) is 5.91 Å². The number of carboxylic acids is 1. The van der Waals surface area contributed by atoms with Crippen LogP contribution in [0.4, 0.5) is 0 Å². The van der Waals surface area contributed by atoms with Crippen LogP contribution in [0.2, 0.25) is 0 Å². The second-order valence-corrected chi connectivity index (χ2v) is 6.46. The van der Waals surface area contributed by atoms with Crippen LogP contribution in [0.1, 0.15) is 52.7 Å². The van der Waals surface area contributed by atoms with Crippen LogP contribution in [0.3, 0.4) is 0 Å². The highest BCUT2D eigenvalue weighted by molar-refractivity contribution is 7.12. The predicted molar refractivity (Wildman–Crippen MR) is 81.8 cm³/mol. The maximum atomic E-state index is 12.0. The summed E-state index contributed by atoms with van der Waals surface area (Å²) in [5.41, 5.74) is 0.661. The first-order valence-electron chi connectivity index (χ1n) is 6.97. The molecule has 1 rings (SSSR count). The summed E-state index contributed by atoms with van der Waals surface area (Å²) >= 11 is 1.55. The Bertz CT molecular complexity index is 536. The van der Waals surface area contributed by atoms with Crippen molar-refractivity contribution in [3.8, 4) is 0 Å². The van der Waals surface area contributed by atoms with E-state index in [0.717, 1.165) is 9.75 Å². The third-order valence-electron chi connectivity index (χ3n) is 3.13. The zero-order valence-electron chi connectivity index (χ0n) is 12.6. The molecule has 5 nitrogen and oxygen atoms in total. The number of ketones is 1. The average molecular weight is 311 g/mol. The molecule has 0 spiro atoms. The third-order valence-corrected chi connectivity index (χ3v) is 4.10. The summed E-state index contributed by atoms with van der Waals surface area (Å²) < 4.78 is 0. The Morgan fingerprint density at radius 3 is 2.43 bits per heavy atom. The maximum Gasteiger partial charge on any atom is 0.326 e. The Morgan fingerprint density at radius 2 is 1.95 bits per heavy atom. The first-order valence-corrected chi connectivity index (χ1v) is 7.79. The van der Waals surface area contributed by atoms with Gasteiger partial charge in [-0.2, -0.15) is 0 Å². The maximum absolute atomic E-state index is 12.0. The van der Waals surface area contributed by atoms with Gasteiger partial charge in [-0.1, -0.05) is 13.3 Å². The minimum atomic E-state index is -1.04. The molecule has 0 aliphatic rings. The number of carbonyl (C=O) groups is 3. The molecule has 0 radical (unpaired) electrons. The summed E-state index contributed by atoms with van der Waals surface area (Å²) in [7, 11) is 0. The lowest BCUT2D eigenvalue weighted by molar-refractivity contribution is -0.142. The van der Waals surface area contributed by atoms with Crippen molar-refractivity contribution >= 4 is 29.0 Å².